The molecule has 7 heteroatoms. The second-order valence-corrected chi connectivity index (χ2v) is 10.3. The van der Waals surface area contributed by atoms with Gasteiger partial charge in [-0.05, 0) is 82.3 Å². The number of nitrogens with zero attached hydrogens (tertiary/aromatic N) is 3. The molecule has 1 aromatic carbocycles. The number of likely N-dealkylation sites (tertiary alicyclic amines) is 2. The summed E-state index contributed by atoms with van der Waals surface area (Å²) in [5.74, 6) is 1.03. The number of aromatic nitrogens is 1. The zero-order valence-electron chi connectivity index (χ0n) is 20.3. The molecule has 2 saturated heterocycles. The molecule has 34 heavy (non-hydrogen) atoms. The molecule has 2 aliphatic rings. The molecule has 0 bridgehead atoms. The summed E-state index contributed by atoms with van der Waals surface area (Å²) < 4.78 is 19.8. The number of ether oxygens (including phenoxy) is 1. The van der Waals surface area contributed by atoms with Gasteiger partial charge in [0.05, 0.1) is 12.7 Å². The topological polar surface area (TPSA) is 65.9 Å². The number of carbonyl (C=O) groups excluding carboxylic acids is 1. The largest absolute Gasteiger partial charge is 0.477 e. The van der Waals surface area contributed by atoms with Crippen LogP contribution in [-0.2, 0) is 0 Å². The van der Waals surface area contributed by atoms with Gasteiger partial charge in [0.1, 0.15) is 5.67 Å². The average molecular weight is 470 g/mol. The molecule has 184 valence electrons. The lowest BCUT2D eigenvalue weighted by Crippen LogP contribution is -2.42. The van der Waals surface area contributed by atoms with Crippen LogP contribution in [0.15, 0.2) is 42.6 Å². The fourth-order valence-electron chi connectivity index (χ4n) is 4.81. The van der Waals surface area contributed by atoms with Crippen molar-refractivity contribution in [2.75, 3.05) is 39.3 Å². The van der Waals surface area contributed by atoms with E-state index in [1.54, 1.807) is 24.9 Å². The summed E-state index contributed by atoms with van der Waals surface area (Å²) in [6.45, 7) is 7.29. The van der Waals surface area contributed by atoms with Gasteiger partial charge in [-0.15, -0.1) is 0 Å². The molecule has 2 aliphatic heterocycles. The van der Waals surface area contributed by atoms with Gasteiger partial charge in [-0.25, -0.2) is 9.37 Å². The monoisotopic (exact) mass is 469 g/mol. The Morgan fingerprint density at radius 3 is 2.41 bits per heavy atom. The number of hydrogen-bond donors (Lipinski definition) is 1. The highest BCUT2D eigenvalue weighted by atomic mass is 19.1. The van der Waals surface area contributed by atoms with Crippen LogP contribution >= 0.6 is 0 Å². The van der Waals surface area contributed by atoms with Crippen molar-refractivity contribution in [2.45, 2.75) is 51.3 Å². The molecule has 1 N–H and O–H groups in total. The molecule has 0 spiro atoms. The summed E-state index contributed by atoms with van der Waals surface area (Å²) in [6.07, 6.45) is 4.98. The number of halogens is 1. The van der Waals surface area contributed by atoms with E-state index in [2.05, 4.69) is 9.88 Å². The minimum atomic E-state index is -1.15. The number of piperidine rings is 2. The maximum atomic E-state index is 13.8. The molecule has 3 heterocycles. The van der Waals surface area contributed by atoms with E-state index in [1.807, 2.05) is 36.4 Å². The van der Waals surface area contributed by atoms with Crippen molar-refractivity contribution < 1.29 is 19.0 Å². The number of aliphatic hydroxyl groups excluding tert-OH is 1. The van der Waals surface area contributed by atoms with E-state index in [4.69, 9.17) is 4.74 Å². The second kappa shape index (κ2) is 10.8. The van der Waals surface area contributed by atoms with E-state index < -0.39 is 11.8 Å². The van der Waals surface area contributed by atoms with E-state index in [9.17, 15) is 14.3 Å². The third-order valence-electron chi connectivity index (χ3n) is 6.66. The number of pyridine rings is 1. The number of hydrogen-bond acceptors (Lipinski definition) is 5. The van der Waals surface area contributed by atoms with Crippen LogP contribution < -0.4 is 4.74 Å². The Morgan fingerprint density at radius 1 is 1.09 bits per heavy atom. The van der Waals surface area contributed by atoms with Crippen LogP contribution in [0.2, 0.25) is 0 Å². The first kappa shape index (κ1) is 24.6. The van der Waals surface area contributed by atoms with Gasteiger partial charge in [-0.2, -0.15) is 0 Å². The van der Waals surface area contributed by atoms with Crippen LogP contribution in [0.1, 0.15) is 49.9 Å². The number of aliphatic hydroxyl groups is 1. The van der Waals surface area contributed by atoms with Gasteiger partial charge in [0.25, 0.3) is 5.91 Å². The minimum absolute atomic E-state index is 0.0357. The van der Waals surface area contributed by atoms with E-state index in [0.717, 1.165) is 49.9 Å². The van der Waals surface area contributed by atoms with Crippen LogP contribution in [0, 0.1) is 5.92 Å². The van der Waals surface area contributed by atoms with Crippen molar-refractivity contribution >= 4 is 5.91 Å². The zero-order chi connectivity index (χ0) is 24.1. The number of benzene rings is 1. The van der Waals surface area contributed by atoms with Gasteiger partial charge < -0.3 is 19.6 Å². The first-order chi connectivity index (χ1) is 16.3. The maximum Gasteiger partial charge on any atom is 0.253 e. The zero-order valence-corrected chi connectivity index (χ0v) is 20.3. The first-order valence-electron chi connectivity index (χ1n) is 12.3. The molecule has 0 aliphatic carbocycles. The lowest BCUT2D eigenvalue weighted by molar-refractivity contribution is 0.0474. The predicted molar refractivity (Wildman–Crippen MR) is 131 cm³/mol. The Hall–Kier alpha value is -2.51. The minimum Gasteiger partial charge on any atom is -0.477 e. The molecular formula is C27H36FN3O3. The lowest BCUT2D eigenvalue weighted by atomic mass is 9.97. The fraction of sp³-hybridized carbons (Fsp3) is 0.556. The van der Waals surface area contributed by atoms with Crippen molar-refractivity contribution in [1.29, 1.82) is 0 Å². The molecule has 2 aromatic rings. The fourth-order valence-corrected chi connectivity index (χ4v) is 4.81. The smallest absolute Gasteiger partial charge is 0.253 e. The van der Waals surface area contributed by atoms with Crippen LogP contribution in [0.25, 0.3) is 11.1 Å². The van der Waals surface area contributed by atoms with Crippen LogP contribution in [0.3, 0.4) is 0 Å². The third kappa shape index (κ3) is 6.76. The number of carbonyl (C=O) groups is 1. The quantitative estimate of drug-likeness (QED) is 0.659. The highest BCUT2D eigenvalue weighted by molar-refractivity contribution is 5.94. The maximum absolute atomic E-state index is 13.8. The Labute approximate surface area is 201 Å². The predicted octanol–water partition coefficient (Wildman–Crippen LogP) is 4.18. The Balaban J connectivity index is 1.26. The van der Waals surface area contributed by atoms with Crippen molar-refractivity contribution in [3.8, 4) is 17.0 Å². The first-order valence-corrected chi connectivity index (χ1v) is 12.3. The van der Waals surface area contributed by atoms with Crippen molar-refractivity contribution in [2.24, 2.45) is 5.92 Å². The average Bonchev–Trinajstić information content (AvgIpc) is 2.83. The highest BCUT2D eigenvalue weighted by Crippen LogP contribution is 2.24. The van der Waals surface area contributed by atoms with Crippen LogP contribution in [-0.4, -0.2) is 76.9 Å². The Kier molecular flexibility index (Phi) is 7.84. The third-order valence-corrected chi connectivity index (χ3v) is 6.66. The van der Waals surface area contributed by atoms with E-state index in [0.29, 0.717) is 43.6 Å². The molecule has 1 atom stereocenters. The second-order valence-electron chi connectivity index (χ2n) is 10.3. The van der Waals surface area contributed by atoms with Gasteiger partial charge >= 0.3 is 0 Å². The number of amides is 1. The molecule has 4 rings (SSSR count). The SMILES string of the molecule is CC(C)(F)CN1CCC(COc2ccc(-c3ccc(C(=O)N4CCCC(O)C4)cc3)cn2)CC1. The Bertz CT molecular complexity index is 935. The number of β-amino-alcohol motifs (C(OH)–C–C–N with tert-alkyl or cyclic N) is 1. The van der Waals surface area contributed by atoms with E-state index in [1.165, 1.54) is 0 Å². The molecule has 2 fully saturated rings. The highest BCUT2D eigenvalue weighted by Gasteiger charge is 2.26. The van der Waals surface area contributed by atoms with Gasteiger partial charge in [0.15, 0.2) is 0 Å². The summed E-state index contributed by atoms with van der Waals surface area (Å²) in [6, 6.07) is 11.4. The van der Waals surface area contributed by atoms with Gasteiger partial charge in [-0.3, -0.25) is 4.79 Å². The summed E-state index contributed by atoms with van der Waals surface area (Å²) in [7, 11) is 0. The van der Waals surface area contributed by atoms with Crippen LogP contribution in [0.4, 0.5) is 4.39 Å². The normalized spacial score (nSPS) is 20.4. The van der Waals surface area contributed by atoms with Gasteiger partial charge in [-0.1, -0.05) is 12.1 Å². The summed E-state index contributed by atoms with van der Waals surface area (Å²) in [5.41, 5.74) is 1.42. The van der Waals surface area contributed by atoms with Gasteiger partial charge in [0, 0.05) is 43.0 Å². The molecule has 1 amide bonds. The molecule has 0 saturated carbocycles. The Morgan fingerprint density at radius 2 is 1.79 bits per heavy atom. The molecule has 0 radical (unpaired) electrons. The van der Waals surface area contributed by atoms with Crippen molar-refractivity contribution in [3.05, 3.63) is 48.2 Å². The standard InChI is InChI=1S/C27H36FN3O3/c1-27(2,28)19-30-14-11-20(12-15-30)18-34-25-10-9-23(16-29-25)21-5-7-22(8-6-21)26(33)31-13-3-4-24(32)17-31/h5-10,16,20,24,32H,3-4,11-15,17-19H2,1-2H3. The van der Waals surface area contributed by atoms with Crippen molar-refractivity contribution in [3.63, 3.8) is 0 Å². The lowest BCUT2D eigenvalue weighted by Gasteiger charge is -2.34. The van der Waals surface area contributed by atoms with Crippen LogP contribution in [0.5, 0.6) is 5.88 Å². The molecular weight excluding hydrogens is 433 g/mol. The molecule has 1 unspecified atom stereocenters. The van der Waals surface area contributed by atoms with E-state index in [-0.39, 0.29) is 5.91 Å². The number of alkyl halides is 1. The number of rotatable bonds is 7. The van der Waals surface area contributed by atoms with Crippen molar-refractivity contribution in [1.82, 2.24) is 14.8 Å². The summed E-state index contributed by atoms with van der Waals surface area (Å²) in [5, 5.41) is 9.82. The molecule has 1 aromatic heterocycles. The molecule has 6 nitrogen and oxygen atoms in total. The van der Waals surface area contributed by atoms with E-state index >= 15 is 0 Å². The summed E-state index contributed by atoms with van der Waals surface area (Å²) in [4.78, 5) is 21.1. The van der Waals surface area contributed by atoms with Gasteiger partial charge in [0.2, 0.25) is 5.88 Å². The summed E-state index contributed by atoms with van der Waals surface area (Å²) >= 11 is 0.